The number of amides is 1. The van der Waals surface area contributed by atoms with Gasteiger partial charge in [0.05, 0.1) is 11.4 Å². The monoisotopic (exact) mass is 515 g/mol. The second kappa shape index (κ2) is 10.8. The first-order valence-corrected chi connectivity index (χ1v) is 12.1. The summed E-state index contributed by atoms with van der Waals surface area (Å²) in [6, 6.07) is 23.2. The number of carbonyl (C=O) groups excluding carboxylic acids is 1. The van der Waals surface area contributed by atoms with E-state index in [1.54, 1.807) is 42.6 Å². The Hall–Kier alpha value is -4.18. The van der Waals surface area contributed by atoms with Gasteiger partial charge in [-0.3, -0.25) is 10.0 Å². The summed E-state index contributed by atoms with van der Waals surface area (Å²) in [5.74, 6) is 0.433. The Bertz CT molecular complexity index is 1360. The standard InChI is InChI=1S/C27H24ClN6O3/c28-21-5-1-19(2-6-21)25-13-14-29-27(31-25)30-22-7-3-20(4-8-22)26(35)33-17-15-32(16-18-33)23-9-11-24(12-10-23)34(36)37/h1-14,36H,15-18H2,(H,29,30,31)/q-1. The van der Waals surface area contributed by atoms with E-state index >= 15 is 0 Å². The number of aromatic nitrogens is 2. The van der Waals surface area contributed by atoms with Gasteiger partial charge in [-0.1, -0.05) is 23.7 Å². The zero-order valence-corrected chi connectivity index (χ0v) is 20.5. The normalized spacial score (nSPS) is 13.4. The summed E-state index contributed by atoms with van der Waals surface area (Å²) < 4.78 is 0. The van der Waals surface area contributed by atoms with E-state index in [-0.39, 0.29) is 16.8 Å². The van der Waals surface area contributed by atoms with Crippen molar-refractivity contribution in [2.24, 2.45) is 0 Å². The van der Waals surface area contributed by atoms with Crippen molar-refractivity contribution in [1.82, 2.24) is 14.9 Å². The molecule has 1 aliphatic heterocycles. The third-order valence-corrected chi connectivity index (χ3v) is 6.44. The highest BCUT2D eigenvalue weighted by molar-refractivity contribution is 6.30. The second-order valence-electron chi connectivity index (χ2n) is 8.54. The molecule has 188 valence electrons. The quantitative estimate of drug-likeness (QED) is 0.337. The van der Waals surface area contributed by atoms with Crippen molar-refractivity contribution in [2.75, 3.05) is 41.6 Å². The molecule has 0 radical (unpaired) electrons. The molecule has 1 aromatic heterocycles. The van der Waals surface area contributed by atoms with Gasteiger partial charge in [0.2, 0.25) is 5.95 Å². The summed E-state index contributed by atoms with van der Waals surface area (Å²) in [7, 11) is 0. The number of hydrogen-bond donors (Lipinski definition) is 2. The van der Waals surface area contributed by atoms with Crippen LogP contribution in [0.25, 0.3) is 11.3 Å². The molecule has 37 heavy (non-hydrogen) atoms. The van der Waals surface area contributed by atoms with Gasteiger partial charge in [-0.2, -0.15) is 0 Å². The van der Waals surface area contributed by atoms with Crippen molar-refractivity contribution < 1.29 is 10.0 Å². The van der Waals surface area contributed by atoms with Crippen LogP contribution in [-0.2, 0) is 0 Å². The number of carbonyl (C=O) groups is 1. The topological polar surface area (TPSA) is 108 Å². The lowest BCUT2D eigenvalue weighted by Crippen LogP contribution is -2.48. The van der Waals surface area contributed by atoms with Gasteiger partial charge >= 0.3 is 0 Å². The smallest absolute Gasteiger partial charge is 0.253 e. The zero-order chi connectivity index (χ0) is 25.8. The van der Waals surface area contributed by atoms with Crippen molar-refractivity contribution in [1.29, 1.82) is 0 Å². The molecule has 1 aliphatic rings. The molecule has 0 atom stereocenters. The molecule has 0 bridgehead atoms. The number of benzene rings is 3. The van der Waals surface area contributed by atoms with Gasteiger partial charge in [-0.25, -0.2) is 9.97 Å². The molecule has 0 saturated carbocycles. The third-order valence-electron chi connectivity index (χ3n) is 6.19. The number of hydrogen-bond acceptors (Lipinski definition) is 8. The molecular formula is C27H24ClN6O3-. The van der Waals surface area contributed by atoms with Gasteiger partial charge in [0, 0.05) is 59.9 Å². The zero-order valence-electron chi connectivity index (χ0n) is 19.8. The predicted octanol–water partition coefficient (Wildman–Crippen LogP) is 5.20. The van der Waals surface area contributed by atoms with Gasteiger partial charge in [-0.15, -0.1) is 0 Å². The van der Waals surface area contributed by atoms with E-state index in [2.05, 4.69) is 20.2 Å². The molecule has 3 aromatic carbocycles. The molecule has 9 nitrogen and oxygen atoms in total. The van der Waals surface area contributed by atoms with E-state index in [1.165, 1.54) is 0 Å². The number of anilines is 4. The maximum Gasteiger partial charge on any atom is 0.253 e. The Kier molecular flexibility index (Phi) is 7.18. The average molecular weight is 516 g/mol. The lowest BCUT2D eigenvalue weighted by molar-refractivity contribution is 0.0747. The first-order chi connectivity index (χ1) is 18.0. The summed E-state index contributed by atoms with van der Waals surface area (Å²) in [5, 5.41) is 23.7. The molecule has 1 amide bonds. The lowest BCUT2D eigenvalue weighted by Gasteiger charge is -2.36. The van der Waals surface area contributed by atoms with Crippen molar-refractivity contribution in [3.63, 3.8) is 0 Å². The molecule has 4 aromatic rings. The molecule has 0 spiro atoms. The fourth-order valence-electron chi connectivity index (χ4n) is 4.17. The SMILES string of the molecule is O=C(c1ccc(Nc2nccc(-c3ccc(Cl)cc3)n2)cc1)N1CCN(c2ccc(N([O-])O)cc2)CC1. The Labute approximate surface area is 219 Å². The minimum absolute atomic E-state index is 0.0233. The molecule has 1 saturated heterocycles. The van der Waals surface area contributed by atoms with Gasteiger partial charge in [0.25, 0.3) is 5.91 Å². The van der Waals surface area contributed by atoms with Crippen molar-refractivity contribution in [2.45, 2.75) is 0 Å². The average Bonchev–Trinajstić information content (AvgIpc) is 2.94. The van der Waals surface area contributed by atoms with Crippen LogP contribution in [0.15, 0.2) is 85.1 Å². The molecule has 5 rings (SSSR count). The number of halogens is 1. The van der Waals surface area contributed by atoms with E-state index in [4.69, 9.17) is 16.8 Å². The second-order valence-corrected chi connectivity index (χ2v) is 8.98. The molecule has 2 heterocycles. The Morgan fingerprint density at radius 1 is 0.919 bits per heavy atom. The minimum atomic E-state index is -0.160. The Morgan fingerprint density at radius 2 is 1.59 bits per heavy atom. The molecular weight excluding hydrogens is 492 g/mol. The van der Waals surface area contributed by atoms with Gasteiger partial charge < -0.3 is 25.6 Å². The summed E-state index contributed by atoms with van der Waals surface area (Å²) >= 11 is 5.98. The highest BCUT2D eigenvalue weighted by Crippen LogP contribution is 2.23. The van der Waals surface area contributed by atoms with Crippen LogP contribution in [0.5, 0.6) is 0 Å². The summed E-state index contributed by atoms with van der Waals surface area (Å²) in [6.07, 6.45) is 1.69. The maximum atomic E-state index is 13.0. The molecule has 0 aliphatic carbocycles. The van der Waals surface area contributed by atoms with Gasteiger partial charge in [0.15, 0.2) is 0 Å². The van der Waals surface area contributed by atoms with Crippen molar-refractivity contribution >= 4 is 40.5 Å². The number of nitrogens with one attached hydrogen (secondary N) is 1. The van der Waals surface area contributed by atoms with Gasteiger partial charge in [-0.05, 0) is 66.7 Å². The fourth-order valence-corrected chi connectivity index (χ4v) is 4.29. The van der Waals surface area contributed by atoms with Crippen LogP contribution in [0.3, 0.4) is 0 Å². The molecule has 2 N–H and O–H groups in total. The van der Waals surface area contributed by atoms with E-state index < -0.39 is 0 Å². The van der Waals surface area contributed by atoms with Crippen molar-refractivity contribution in [3.05, 3.63) is 101 Å². The van der Waals surface area contributed by atoms with E-state index in [1.807, 2.05) is 47.4 Å². The number of nitrogens with zero attached hydrogens (tertiary/aromatic N) is 5. The minimum Gasteiger partial charge on any atom is -0.733 e. The number of rotatable bonds is 6. The summed E-state index contributed by atoms with van der Waals surface area (Å²) in [4.78, 5) is 25.9. The largest absolute Gasteiger partial charge is 0.733 e. The van der Waals surface area contributed by atoms with Crippen LogP contribution >= 0.6 is 11.6 Å². The Balaban J connectivity index is 1.18. The van der Waals surface area contributed by atoms with Crippen molar-refractivity contribution in [3.8, 4) is 11.3 Å². The maximum absolute atomic E-state index is 13.0. The van der Waals surface area contributed by atoms with Crippen LogP contribution in [0, 0.1) is 5.21 Å². The predicted molar refractivity (Wildman–Crippen MR) is 144 cm³/mol. The third kappa shape index (κ3) is 5.80. The highest BCUT2D eigenvalue weighted by atomic mass is 35.5. The van der Waals surface area contributed by atoms with Crippen LogP contribution in [0.4, 0.5) is 23.0 Å². The number of piperazine rings is 1. The first-order valence-electron chi connectivity index (χ1n) is 11.7. The van der Waals surface area contributed by atoms with E-state index in [9.17, 15) is 10.0 Å². The first kappa shape index (κ1) is 24.5. The van der Waals surface area contributed by atoms with Crippen LogP contribution in [0.1, 0.15) is 10.4 Å². The summed E-state index contributed by atoms with van der Waals surface area (Å²) in [5.41, 5.74) is 4.21. The van der Waals surface area contributed by atoms with E-state index in [0.717, 1.165) is 22.6 Å². The molecule has 0 unspecified atom stereocenters. The van der Waals surface area contributed by atoms with E-state index in [0.29, 0.717) is 42.7 Å². The van der Waals surface area contributed by atoms with Crippen LogP contribution in [0.2, 0.25) is 5.02 Å². The Morgan fingerprint density at radius 3 is 2.24 bits per heavy atom. The van der Waals surface area contributed by atoms with Crippen LogP contribution in [-0.4, -0.2) is 52.2 Å². The van der Waals surface area contributed by atoms with Gasteiger partial charge in [0.1, 0.15) is 0 Å². The van der Waals surface area contributed by atoms with Crippen LogP contribution < -0.4 is 15.4 Å². The highest BCUT2D eigenvalue weighted by Gasteiger charge is 2.22. The summed E-state index contributed by atoms with van der Waals surface area (Å²) in [6.45, 7) is 2.51. The molecule has 1 fully saturated rings. The molecule has 10 heteroatoms. The lowest BCUT2D eigenvalue weighted by atomic mass is 10.1. The fraction of sp³-hybridized carbons (Fsp3) is 0.148.